The van der Waals surface area contributed by atoms with Gasteiger partial charge in [-0.25, -0.2) is 0 Å². The van der Waals surface area contributed by atoms with Crippen LogP contribution in [0.15, 0.2) is 12.3 Å². The summed E-state index contributed by atoms with van der Waals surface area (Å²) >= 11 is 0. The lowest BCUT2D eigenvalue weighted by Crippen LogP contribution is -2.25. The normalized spacial score (nSPS) is 14.2. The number of H-pyrrole nitrogens is 1. The molecule has 1 aliphatic rings. The Bertz CT molecular complexity index is 701. The second-order valence-corrected chi connectivity index (χ2v) is 5.54. The highest BCUT2D eigenvalue weighted by Crippen LogP contribution is 2.14. The molecule has 7 heteroatoms. The number of nitrogens with zero attached hydrogens (tertiary/aromatic N) is 3. The lowest BCUT2D eigenvalue weighted by molar-refractivity contribution is 0.0945. The van der Waals surface area contributed by atoms with Crippen molar-refractivity contribution in [3.8, 4) is 0 Å². The summed E-state index contributed by atoms with van der Waals surface area (Å²) in [6, 6.07) is 1.56. The van der Waals surface area contributed by atoms with Crippen LogP contribution in [0, 0.1) is 0 Å². The Morgan fingerprint density at radius 1 is 1.32 bits per heavy atom. The van der Waals surface area contributed by atoms with E-state index < -0.39 is 0 Å². The summed E-state index contributed by atoms with van der Waals surface area (Å²) in [7, 11) is 0. The molecule has 0 bridgehead atoms. The highest BCUT2D eigenvalue weighted by Gasteiger charge is 2.16. The molecule has 0 atom stereocenters. The summed E-state index contributed by atoms with van der Waals surface area (Å²) in [5, 5.41) is 11.2. The number of aryl methyl sites for hydroxylation is 1. The zero-order valence-electron chi connectivity index (χ0n) is 12.6. The van der Waals surface area contributed by atoms with Crippen molar-refractivity contribution in [2.75, 3.05) is 0 Å². The van der Waals surface area contributed by atoms with Gasteiger partial charge in [0.2, 0.25) is 0 Å². The Hall–Kier alpha value is -2.44. The second kappa shape index (κ2) is 6.13. The van der Waals surface area contributed by atoms with Crippen LogP contribution >= 0.6 is 0 Å². The zero-order chi connectivity index (χ0) is 15.5. The van der Waals surface area contributed by atoms with Gasteiger partial charge in [0, 0.05) is 24.7 Å². The zero-order valence-corrected chi connectivity index (χ0v) is 12.6. The molecule has 0 unspecified atom stereocenters. The minimum Gasteiger partial charge on any atom is -0.356 e. The number of ketones is 1. The predicted molar refractivity (Wildman–Crippen MR) is 79.5 cm³/mol. The van der Waals surface area contributed by atoms with Crippen molar-refractivity contribution < 1.29 is 9.59 Å². The monoisotopic (exact) mass is 301 g/mol. The van der Waals surface area contributed by atoms with Gasteiger partial charge in [0.15, 0.2) is 11.6 Å². The van der Waals surface area contributed by atoms with Crippen LogP contribution in [0.1, 0.15) is 58.7 Å². The third kappa shape index (κ3) is 2.93. The number of aromatic amines is 1. The molecule has 3 rings (SSSR count). The number of amides is 1. The van der Waals surface area contributed by atoms with E-state index in [1.807, 2.05) is 0 Å². The van der Waals surface area contributed by atoms with Crippen molar-refractivity contribution in [2.24, 2.45) is 0 Å². The molecule has 2 N–H and O–H groups in total. The molecule has 3 heterocycles. The van der Waals surface area contributed by atoms with E-state index in [1.165, 1.54) is 13.3 Å². The first kappa shape index (κ1) is 14.5. The summed E-state index contributed by atoms with van der Waals surface area (Å²) in [6.07, 6.45) is 5.94. The molecule has 22 heavy (non-hydrogen) atoms. The molecule has 2 aromatic heterocycles. The Morgan fingerprint density at radius 2 is 2.18 bits per heavy atom. The fourth-order valence-electron chi connectivity index (χ4n) is 2.66. The quantitative estimate of drug-likeness (QED) is 0.836. The Morgan fingerprint density at radius 3 is 2.95 bits per heavy atom. The molecule has 0 aromatic carbocycles. The molecule has 1 amide bonds. The molecular weight excluding hydrogens is 282 g/mol. The summed E-state index contributed by atoms with van der Waals surface area (Å²) in [5.41, 5.74) is 0.877. The van der Waals surface area contributed by atoms with Gasteiger partial charge in [-0.1, -0.05) is 6.42 Å². The fourth-order valence-corrected chi connectivity index (χ4v) is 2.66. The van der Waals surface area contributed by atoms with Crippen molar-refractivity contribution in [1.29, 1.82) is 0 Å². The maximum Gasteiger partial charge on any atom is 0.268 e. The van der Waals surface area contributed by atoms with Crippen LogP contribution in [0.5, 0.6) is 0 Å². The maximum atomic E-state index is 12.1. The average molecular weight is 301 g/mol. The average Bonchev–Trinajstić information content (AvgIpc) is 3.07. The van der Waals surface area contributed by atoms with Crippen molar-refractivity contribution in [1.82, 2.24) is 25.1 Å². The third-order valence-corrected chi connectivity index (χ3v) is 3.93. The molecule has 116 valence electrons. The first-order chi connectivity index (χ1) is 10.6. The molecule has 0 fully saturated rings. The molecule has 7 nitrogen and oxygen atoms in total. The lowest BCUT2D eigenvalue weighted by atomic mass is 10.2. The summed E-state index contributed by atoms with van der Waals surface area (Å²) in [4.78, 5) is 26.2. The lowest BCUT2D eigenvalue weighted by Gasteiger charge is -2.07. The first-order valence-corrected chi connectivity index (χ1v) is 7.53. The van der Waals surface area contributed by atoms with Gasteiger partial charge >= 0.3 is 0 Å². The maximum absolute atomic E-state index is 12.1. The number of fused-ring (bicyclic) bond motifs is 1. The van der Waals surface area contributed by atoms with Crippen LogP contribution < -0.4 is 5.32 Å². The van der Waals surface area contributed by atoms with Crippen LogP contribution in [0.3, 0.4) is 0 Å². The van der Waals surface area contributed by atoms with Gasteiger partial charge in [0.05, 0.1) is 6.54 Å². The van der Waals surface area contributed by atoms with E-state index in [4.69, 9.17) is 0 Å². The smallest absolute Gasteiger partial charge is 0.268 e. The van der Waals surface area contributed by atoms with E-state index in [0.717, 1.165) is 37.5 Å². The summed E-state index contributed by atoms with van der Waals surface area (Å²) in [6.45, 7) is 2.71. The van der Waals surface area contributed by atoms with E-state index in [1.54, 1.807) is 12.3 Å². The Labute approximate surface area is 128 Å². The van der Waals surface area contributed by atoms with Crippen LogP contribution in [-0.4, -0.2) is 31.4 Å². The fraction of sp³-hybridized carbons (Fsp3) is 0.467. The van der Waals surface area contributed by atoms with Gasteiger partial charge in [-0.05, 0) is 25.8 Å². The minimum atomic E-state index is -0.251. The van der Waals surface area contributed by atoms with E-state index in [-0.39, 0.29) is 11.7 Å². The minimum absolute atomic E-state index is 0.0712. The molecule has 2 aromatic rings. The van der Waals surface area contributed by atoms with Crippen molar-refractivity contribution in [3.05, 3.63) is 35.2 Å². The number of Topliss-reactive ketones (excluding diaryl/α,β-unsaturated/α-hetero) is 1. The predicted octanol–water partition coefficient (Wildman–Crippen LogP) is 1.47. The molecule has 0 radical (unpaired) electrons. The number of carbonyl (C=O) groups excluding carboxylic acids is 2. The third-order valence-electron chi connectivity index (χ3n) is 3.93. The molecule has 0 aliphatic carbocycles. The number of carbonyl (C=O) groups is 2. The molecule has 0 saturated heterocycles. The number of hydrogen-bond donors (Lipinski definition) is 2. The van der Waals surface area contributed by atoms with Crippen LogP contribution in [0.25, 0.3) is 0 Å². The molecule has 0 saturated carbocycles. The summed E-state index contributed by atoms with van der Waals surface area (Å²) < 4.78 is 2.10. The number of rotatable bonds is 4. The van der Waals surface area contributed by atoms with E-state index >= 15 is 0 Å². The summed E-state index contributed by atoms with van der Waals surface area (Å²) in [5.74, 6) is 1.46. The highest BCUT2D eigenvalue weighted by molar-refractivity contribution is 5.98. The highest BCUT2D eigenvalue weighted by atomic mass is 16.2. The molecule has 1 aliphatic heterocycles. The van der Waals surface area contributed by atoms with Gasteiger partial charge in [-0.2, -0.15) is 0 Å². The standard InChI is InChI=1S/C15H19N5O2/c1-10(21)11-7-12(16-8-11)15(22)17-9-14-19-18-13-5-3-2-4-6-20(13)14/h7-8,16H,2-6,9H2,1H3,(H,17,22). The molecule has 0 spiro atoms. The van der Waals surface area contributed by atoms with Gasteiger partial charge in [-0.3, -0.25) is 9.59 Å². The topological polar surface area (TPSA) is 92.7 Å². The first-order valence-electron chi connectivity index (χ1n) is 7.53. The van der Waals surface area contributed by atoms with Crippen molar-refractivity contribution in [3.63, 3.8) is 0 Å². The van der Waals surface area contributed by atoms with Crippen molar-refractivity contribution >= 4 is 11.7 Å². The van der Waals surface area contributed by atoms with Gasteiger partial charge < -0.3 is 14.9 Å². The number of hydrogen-bond acceptors (Lipinski definition) is 4. The van der Waals surface area contributed by atoms with E-state index in [9.17, 15) is 9.59 Å². The Kier molecular flexibility index (Phi) is 4.04. The van der Waals surface area contributed by atoms with Crippen LogP contribution in [0.2, 0.25) is 0 Å². The number of nitrogens with one attached hydrogen (secondary N) is 2. The van der Waals surface area contributed by atoms with E-state index in [2.05, 4.69) is 25.1 Å². The largest absolute Gasteiger partial charge is 0.356 e. The molecular formula is C15H19N5O2. The van der Waals surface area contributed by atoms with Crippen LogP contribution in [0.4, 0.5) is 0 Å². The van der Waals surface area contributed by atoms with Crippen LogP contribution in [-0.2, 0) is 19.5 Å². The van der Waals surface area contributed by atoms with Gasteiger partial charge in [-0.15, -0.1) is 10.2 Å². The SMILES string of the molecule is CC(=O)c1c[nH]c(C(=O)NCc2nnc3n2CCCCC3)c1. The Balaban J connectivity index is 1.66. The van der Waals surface area contributed by atoms with E-state index in [0.29, 0.717) is 17.8 Å². The van der Waals surface area contributed by atoms with Gasteiger partial charge in [0.1, 0.15) is 11.5 Å². The van der Waals surface area contributed by atoms with Crippen molar-refractivity contribution in [2.45, 2.75) is 45.7 Å². The number of aromatic nitrogens is 4. The van der Waals surface area contributed by atoms with Gasteiger partial charge in [0.25, 0.3) is 5.91 Å². The second-order valence-electron chi connectivity index (χ2n) is 5.54.